The average Bonchev–Trinajstić information content (AvgIpc) is 3.15. The zero-order valence-electron chi connectivity index (χ0n) is 18.8. The van der Waals surface area contributed by atoms with Crippen LogP contribution in [0, 0.1) is 12.8 Å². The fourth-order valence-corrected chi connectivity index (χ4v) is 7.09. The van der Waals surface area contributed by atoms with Crippen molar-refractivity contribution in [2.75, 3.05) is 37.4 Å². The van der Waals surface area contributed by atoms with Gasteiger partial charge in [-0.05, 0) is 75.2 Å². The van der Waals surface area contributed by atoms with Crippen molar-refractivity contribution in [3.05, 3.63) is 46.2 Å². The second-order valence-corrected chi connectivity index (χ2v) is 11.6. The lowest BCUT2D eigenvalue weighted by Gasteiger charge is -2.34. The molecule has 2 aromatic rings. The number of amides is 1. The highest BCUT2D eigenvalue weighted by molar-refractivity contribution is 7.93. The number of aryl methyl sites for hydroxylation is 1. The molecule has 1 aromatic heterocycles. The molecule has 2 aliphatic heterocycles. The molecule has 2 aliphatic rings. The monoisotopic (exact) mass is 475 g/mol. The molecule has 174 valence electrons. The Morgan fingerprint density at radius 3 is 2.31 bits per heavy atom. The summed E-state index contributed by atoms with van der Waals surface area (Å²) in [5, 5.41) is 1.68. The molecule has 6 nitrogen and oxygen atoms in total. The summed E-state index contributed by atoms with van der Waals surface area (Å²) in [5.41, 5.74) is 1.55. The molecule has 0 bridgehead atoms. The fraction of sp³-hybridized carbons (Fsp3) is 0.542. The maximum atomic E-state index is 13.2. The van der Waals surface area contributed by atoms with E-state index in [0.717, 1.165) is 24.9 Å². The normalized spacial score (nSPS) is 19.0. The zero-order valence-corrected chi connectivity index (χ0v) is 20.4. The smallest absolute Gasteiger partial charge is 0.265 e. The van der Waals surface area contributed by atoms with Crippen LogP contribution in [-0.2, 0) is 10.0 Å². The lowest BCUT2D eigenvalue weighted by Crippen LogP contribution is -2.42. The topological polar surface area (TPSA) is 69.7 Å². The molecule has 4 rings (SSSR count). The van der Waals surface area contributed by atoms with E-state index in [-0.39, 0.29) is 10.8 Å². The van der Waals surface area contributed by atoms with Crippen LogP contribution < -0.4 is 4.72 Å². The number of carbonyl (C=O) groups excluding carboxylic acids is 1. The number of hydrogen-bond donors (Lipinski definition) is 1. The summed E-state index contributed by atoms with van der Waals surface area (Å²) in [6.07, 6.45) is 7.24. The van der Waals surface area contributed by atoms with E-state index in [2.05, 4.69) is 9.62 Å². The third kappa shape index (κ3) is 5.71. The molecule has 0 spiro atoms. The third-order valence-electron chi connectivity index (χ3n) is 6.53. The summed E-state index contributed by atoms with van der Waals surface area (Å²) < 4.78 is 28.6. The zero-order chi connectivity index (χ0) is 22.6. The number of thiophene rings is 1. The van der Waals surface area contributed by atoms with Gasteiger partial charge >= 0.3 is 0 Å². The van der Waals surface area contributed by atoms with Gasteiger partial charge in [0.25, 0.3) is 15.9 Å². The first-order valence-electron chi connectivity index (χ1n) is 11.6. The van der Waals surface area contributed by atoms with Gasteiger partial charge in [-0.2, -0.15) is 0 Å². The van der Waals surface area contributed by atoms with E-state index in [0.29, 0.717) is 29.6 Å². The molecule has 2 fully saturated rings. The fourth-order valence-electron chi connectivity index (χ4n) is 4.64. The van der Waals surface area contributed by atoms with E-state index in [1.54, 1.807) is 17.5 Å². The minimum atomic E-state index is -3.82. The highest BCUT2D eigenvalue weighted by atomic mass is 32.2. The summed E-state index contributed by atoms with van der Waals surface area (Å²) in [6.45, 7) is 6.86. The summed E-state index contributed by atoms with van der Waals surface area (Å²) in [4.78, 5) is 18.0. The van der Waals surface area contributed by atoms with Crippen LogP contribution in [0.3, 0.4) is 0 Å². The number of nitrogens with one attached hydrogen (secondary N) is 1. The van der Waals surface area contributed by atoms with E-state index >= 15 is 0 Å². The molecule has 1 aromatic carbocycles. The van der Waals surface area contributed by atoms with E-state index in [1.165, 1.54) is 56.2 Å². The Morgan fingerprint density at radius 1 is 1.00 bits per heavy atom. The van der Waals surface area contributed by atoms with Crippen LogP contribution in [0.2, 0.25) is 0 Å². The van der Waals surface area contributed by atoms with Crippen molar-refractivity contribution in [2.24, 2.45) is 5.92 Å². The van der Waals surface area contributed by atoms with Crippen LogP contribution in [0.1, 0.15) is 53.8 Å². The van der Waals surface area contributed by atoms with Gasteiger partial charge in [-0.25, -0.2) is 8.42 Å². The first-order chi connectivity index (χ1) is 15.4. The number of sulfonamides is 1. The van der Waals surface area contributed by atoms with Gasteiger partial charge in [-0.1, -0.05) is 30.5 Å². The Morgan fingerprint density at radius 2 is 1.66 bits per heavy atom. The van der Waals surface area contributed by atoms with Crippen LogP contribution in [0.25, 0.3) is 0 Å². The highest BCUT2D eigenvalue weighted by Gasteiger charge is 2.30. The van der Waals surface area contributed by atoms with Gasteiger partial charge in [0.15, 0.2) is 0 Å². The van der Waals surface area contributed by atoms with Crippen molar-refractivity contribution in [1.82, 2.24) is 9.80 Å². The molecule has 0 aliphatic carbocycles. The number of carbonyl (C=O) groups is 1. The van der Waals surface area contributed by atoms with Crippen molar-refractivity contribution >= 4 is 33.0 Å². The number of anilines is 1. The van der Waals surface area contributed by atoms with Gasteiger partial charge in [0, 0.05) is 25.3 Å². The lowest BCUT2D eigenvalue weighted by molar-refractivity contribution is 0.0669. The molecule has 32 heavy (non-hydrogen) atoms. The molecule has 1 N–H and O–H groups in total. The maximum absolute atomic E-state index is 13.2. The van der Waals surface area contributed by atoms with Gasteiger partial charge in [0.05, 0.1) is 0 Å². The minimum Gasteiger partial charge on any atom is -0.338 e. The standard InChI is InChI=1S/C24H33N3O3S2/c1-19-6-8-21(9-7-19)25-32(29,30)22-12-17-31-23(22)24(28)27-15-10-20(11-16-27)18-26-13-4-2-3-5-14-26/h6-9,12,17,20,25H,2-5,10-11,13-16,18H2,1H3. The highest BCUT2D eigenvalue weighted by Crippen LogP contribution is 2.28. The molecule has 2 saturated heterocycles. The SMILES string of the molecule is Cc1ccc(NS(=O)(=O)c2ccsc2C(=O)N2CCC(CN3CCCCCC3)CC2)cc1. The molecule has 8 heteroatoms. The first kappa shape index (κ1) is 23.3. The molecule has 1 amide bonds. The van der Waals surface area contributed by atoms with E-state index in [1.807, 2.05) is 24.0 Å². The number of likely N-dealkylation sites (tertiary alicyclic amines) is 2. The van der Waals surface area contributed by atoms with Crippen molar-refractivity contribution in [1.29, 1.82) is 0 Å². The van der Waals surface area contributed by atoms with Gasteiger partial charge in [-0.3, -0.25) is 9.52 Å². The Kier molecular flexibility index (Phi) is 7.53. The van der Waals surface area contributed by atoms with E-state index in [9.17, 15) is 13.2 Å². The second kappa shape index (κ2) is 10.4. The Labute approximate surface area is 195 Å². The number of rotatable bonds is 6. The second-order valence-electron chi connectivity index (χ2n) is 9.04. The molecule has 0 radical (unpaired) electrons. The Balaban J connectivity index is 1.37. The maximum Gasteiger partial charge on any atom is 0.265 e. The third-order valence-corrected chi connectivity index (χ3v) is 8.99. The van der Waals surface area contributed by atoms with Crippen molar-refractivity contribution in [2.45, 2.75) is 50.3 Å². The molecule has 0 atom stereocenters. The molecule has 3 heterocycles. The van der Waals surface area contributed by atoms with Crippen molar-refractivity contribution < 1.29 is 13.2 Å². The minimum absolute atomic E-state index is 0.0692. The van der Waals surface area contributed by atoms with Crippen molar-refractivity contribution in [3.63, 3.8) is 0 Å². The van der Waals surface area contributed by atoms with E-state index < -0.39 is 10.0 Å². The van der Waals surface area contributed by atoms with Gasteiger partial charge in [0.1, 0.15) is 9.77 Å². The largest absolute Gasteiger partial charge is 0.338 e. The average molecular weight is 476 g/mol. The number of nitrogens with zero attached hydrogens (tertiary/aromatic N) is 2. The Bertz CT molecular complexity index is 1000. The van der Waals surface area contributed by atoms with Gasteiger partial charge in [-0.15, -0.1) is 11.3 Å². The molecular formula is C24H33N3O3S2. The van der Waals surface area contributed by atoms with Crippen molar-refractivity contribution in [3.8, 4) is 0 Å². The summed E-state index contributed by atoms with van der Waals surface area (Å²) in [7, 11) is -3.82. The number of piperidine rings is 1. The quantitative estimate of drug-likeness (QED) is 0.664. The number of hydrogen-bond acceptors (Lipinski definition) is 5. The summed E-state index contributed by atoms with van der Waals surface area (Å²) in [6, 6.07) is 8.70. The predicted molar refractivity (Wildman–Crippen MR) is 130 cm³/mol. The number of benzene rings is 1. The molecular weight excluding hydrogens is 442 g/mol. The van der Waals surface area contributed by atoms with Crippen LogP contribution in [0.5, 0.6) is 0 Å². The van der Waals surface area contributed by atoms with Crippen LogP contribution >= 0.6 is 11.3 Å². The van der Waals surface area contributed by atoms with Crippen LogP contribution in [0.4, 0.5) is 5.69 Å². The lowest BCUT2D eigenvalue weighted by atomic mass is 9.96. The first-order valence-corrected chi connectivity index (χ1v) is 14.0. The molecule has 0 saturated carbocycles. The van der Waals surface area contributed by atoms with Gasteiger partial charge < -0.3 is 9.80 Å². The Hall–Kier alpha value is -1.90. The summed E-state index contributed by atoms with van der Waals surface area (Å²) in [5.74, 6) is 0.449. The van der Waals surface area contributed by atoms with Crippen LogP contribution in [-0.4, -0.2) is 56.8 Å². The van der Waals surface area contributed by atoms with Crippen LogP contribution in [0.15, 0.2) is 40.6 Å². The summed E-state index contributed by atoms with van der Waals surface area (Å²) >= 11 is 1.20. The molecule has 0 unspecified atom stereocenters. The predicted octanol–water partition coefficient (Wildman–Crippen LogP) is 4.59. The van der Waals surface area contributed by atoms with Gasteiger partial charge in [0.2, 0.25) is 0 Å². The van der Waals surface area contributed by atoms with E-state index in [4.69, 9.17) is 0 Å².